The van der Waals surface area contributed by atoms with Crippen LogP contribution in [0.4, 0.5) is 0 Å². The Labute approximate surface area is 176 Å². The van der Waals surface area contributed by atoms with Gasteiger partial charge < -0.3 is 13.9 Å². The van der Waals surface area contributed by atoms with Crippen LogP contribution in [0.5, 0.6) is 0 Å². The Hall–Kier alpha value is -1.70. The van der Waals surface area contributed by atoms with Gasteiger partial charge in [-0.25, -0.2) is 4.79 Å². The van der Waals surface area contributed by atoms with E-state index in [1.165, 1.54) is 7.11 Å². The van der Waals surface area contributed by atoms with Crippen LogP contribution in [-0.2, 0) is 23.5 Å². The molecule has 0 saturated carbocycles. The van der Waals surface area contributed by atoms with Crippen molar-refractivity contribution in [1.29, 1.82) is 0 Å². The van der Waals surface area contributed by atoms with E-state index >= 15 is 0 Å². The van der Waals surface area contributed by atoms with Gasteiger partial charge in [-0.1, -0.05) is 71.9 Å². The number of nitrogens with two attached hydrogens (primary N) is 1. The first-order valence-corrected chi connectivity index (χ1v) is 12.4. The van der Waals surface area contributed by atoms with Crippen LogP contribution in [0.3, 0.4) is 0 Å². The minimum atomic E-state index is -2.64. The molecule has 164 valence electrons. The second kappa shape index (κ2) is 10.4. The predicted molar refractivity (Wildman–Crippen MR) is 117 cm³/mol. The average molecular weight is 424 g/mol. The summed E-state index contributed by atoms with van der Waals surface area (Å²) >= 11 is 0. The van der Waals surface area contributed by atoms with E-state index in [0.717, 1.165) is 0 Å². The maximum absolute atomic E-state index is 13.0. The molecule has 0 unspecified atom stereocenters. The summed E-state index contributed by atoms with van der Waals surface area (Å²) in [5, 5.41) is 0. The van der Waals surface area contributed by atoms with Crippen molar-refractivity contribution < 1.29 is 23.5 Å². The number of methoxy groups -OCH3 is 1. The molecular formula is C22H37NO5Si. The van der Waals surface area contributed by atoms with Crippen LogP contribution in [0, 0.1) is 0 Å². The molecule has 1 aromatic carbocycles. The summed E-state index contributed by atoms with van der Waals surface area (Å²) in [4.78, 5) is 26.1. The molecule has 0 aliphatic heterocycles. The second-order valence-electron chi connectivity index (χ2n) is 8.30. The monoisotopic (exact) mass is 423 g/mol. The van der Waals surface area contributed by atoms with Gasteiger partial charge in [0.05, 0.1) is 13.7 Å². The molecule has 0 radical (unpaired) electrons. The summed E-state index contributed by atoms with van der Waals surface area (Å²) in [5.41, 5.74) is 5.74. The van der Waals surface area contributed by atoms with E-state index in [9.17, 15) is 9.59 Å². The Kier molecular flexibility index (Phi) is 9.05. The smallest absolute Gasteiger partial charge is 0.353 e. The van der Waals surface area contributed by atoms with Crippen LogP contribution in [0.15, 0.2) is 30.3 Å². The predicted octanol–water partition coefficient (Wildman–Crippen LogP) is 4.35. The van der Waals surface area contributed by atoms with Crippen molar-refractivity contribution >= 4 is 20.3 Å². The van der Waals surface area contributed by atoms with Crippen molar-refractivity contribution in [3.63, 3.8) is 0 Å². The van der Waals surface area contributed by atoms with E-state index in [1.807, 2.05) is 6.07 Å². The van der Waals surface area contributed by atoms with Gasteiger partial charge in [-0.2, -0.15) is 0 Å². The zero-order valence-electron chi connectivity index (χ0n) is 19.0. The van der Waals surface area contributed by atoms with Crippen LogP contribution in [-0.4, -0.2) is 39.7 Å². The largest absolute Gasteiger partial charge is 0.466 e. The highest BCUT2D eigenvalue weighted by Crippen LogP contribution is 2.46. The van der Waals surface area contributed by atoms with Crippen molar-refractivity contribution in [2.75, 3.05) is 13.7 Å². The second-order valence-corrected chi connectivity index (χ2v) is 13.7. The van der Waals surface area contributed by atoms with Gasteiger partial charge in [-0.3, -0.25) is 10.5 Å². The van der Waals surface area contributed by atoms with Crippen LogP contribution in [0.2, 0.25) is 16.6 Å². The Bertz CT molecular complexity index is 655. The van der Waals surface area contributed by atoms with Gasteiger partial charge in [0.25, 0.3) is 0 Å². The van der Waals surface area contributed by atoms with E-state index in [0.29, 0.717) is 5.56 Å². The van der Waals surface area contributed by atoms with Crippen LogP contribution < -0.4 is 5.73 Å². The summed E-state index contributed by atoms with van der Waals surface area (Å²) < 4.78 is 17.0. The molecule has 0 aliphatic carbocycles. The van der Waals surface area contributed by atoms with Crippen molar-refractivity contribution in [2.24, 2.45) is 5.73 Å². The standard InChI is InChI=1S/C22H37NO5Si/c1-9-27-20(24)19(18-13-11-10-12-14-18)22(23,21(25)26-8)28-29(15(2)3,16(4)5)17(6)7/h10-17,19H,9,23H2,1-8H3/t19-,22-/m1/s1. The van der Waals surface area contributed by atoms with Gasteiger partial charge in [0.1, 0.15) is 5.92 Å². The molecule has 2 atom stereocenters. The first-order valence-electron chi connectivity index (χ1n) is 10.3. The molecule has 6 nitrogen and oxygen atoms in total. The third kappa shape index (κ3) is 5.08. The molecule has 0 fully saturated rings. The van der Waals surface area contributed by atoms with Crippen LogP contribution in [0.25, 0.3) is 0 Å². The van der Waals surface area contributed by atoms with Gasteiger partial charge in [-0.15, -0.1) is 0 Å². The summed E-state index contributed by atoms with van der Waals surface area (Å²) in [6.07, 6.45) is 0. The molecule has 0 bridgehead atoms. The van der Waals surface area contributed by atoms with Crippen molar-refractivity contribution in [3.8, 4) is 0 Å². The first kappa shape index (κ1) is 25.3. The number of hydrogen-bond acceptors (Lipinski definition) is 6. The van der Waals surface area contributed by atoms with Crippen molar-refractivity contribution in [2.45, 2.75) is 76.7 Å². The number of benzene rings is 1. The Morgan fingerprint density at radius 1 is 1.00 bits per heavy atom. The highest BCUT2D eigenvalue weighted by Gasteiger charge is 2.58. The molecule has 7 heteroatoms. The fraction of sp³-hybridized carbons (Fsp3) is 0.636. The molecule has 2 N–H and O–H groups in total. The summed E-state index contributed by atoms with van der Waals surface area (Å²) in [6.45, 7) is 14.4. The zero-order chi connectivity index (χ0) is 22.4. The molecule has 1 aromatic rings. The first-order chi connectivity index (χ1) is 13.5. The summed E-state index contributed by atoms with van der Waals surface area (Å²) in [7, 11) is -1.39. The molecule has 1 rings (SSSR count). The Morgan fingerprint density at radius 2 is 1.48 bits per heavy atom. The number of carbonyl (C=O) groups excluding carboxylic acids is 2. The van der Waals surface area contributed by atoms with E-state index < -0.39 is 31.9 Å². The Balaban J connectivity index is 3.73. The molecule has 0 amide bonds. The quantitative estimate of drug-likeness (QED) is 0.342. The number of hydrogen-bond donors (Lipinski definition) is 1. The lowest BCUT2D eigenvalue weighted by Crippen LogP contribution is -2.65. The molecule has 29 heavy (non-hydrogen) atoms. The lowest BCUT2D eigenvalue weighted by atomic mass is 9.88. The topological polar surface area (TPSA) is 87.9 Å². The lowest BCUT2D eigenvalue weighted by Gasteiger charge is -2.48. The van der Waals surface area contributed by atoms with Crippen molar-refractivity contribution in [1.82, 2.24) is 0 Å². The van der Waals surface area contributed by atoms with E-state index in [4.69, 9.17) is 19.6 Å². The highest BCUT2D eigenvalue weighted by atomic mass is 28.4. The van der Waals surface area contributed by atoms with Gasteiger partial charge in [-0.05, 0) is 29.1 Å². The molecular weight excluding hydrogens is 386 g/mol. The zero-order valence-corrected chi connectivity index (χ0v) is 20.0. The summed E-state index contributed by atoms with van der Waals surface area (Å²) in [6, 6.07) is 8.91. The Morgan fingerprint density at radius 3 is 1.86 bits per heavy atom. The van der Waals surface area contributed by atoms with E-state index in [-0.39, 0.29) is 23.2 Å². The third-order valence-electron chi connectivity index (χ3n) is 5.64. The molecule has 0 heterocycles. The number of carbonyl (C=O) groups is 2. The average Bonchev–Trinajstić information content (AvgIpc) is 2.65. The number of rotatable bonds is 10. The van der Waals surface area contributed by atoms with Gasteiger partial charge in [0.2, 0.25) is 14.0 Å². The molecule has 0 spiro atoms. The minimum Gasteiger partial charge on any atom is -0.466 e. The minimum absolute atomic E-state index is 0.161. The SMILES string of the molecule is CCOC(=O)[C@@H](c1ccccc1)[C@@](N)(O[Si](C(C)C)(C(C)C)C(C)C)C(=O)OC. The fourth-order valence-corrected chi connectivity index (χ4v) is 9.95. The van der Waals surface area contributed by atoms with Crippen LogP contribution >= 0.6 is 0 Å². The highest BCUT2D eigenvalue weighted by molar-refractivity contribution is 6.77. The number of esters is 2. The maximum atomic E-state index is 13.0. The van der Waals surface area contributed by atoms with Gasteiger partial charge >= 0.3 is 11.9 Å². The summed E-state index contributed by atoms with van der Waals surface area (Å²) in [5.74, 6) is -2.52. The van der Waals surface area contributed by atoms with Gasteiger partial charge in [0, 0.05) is 0 Å². The van der Waals surface area contributed by atoms with E-state index in [1.54, 1.807) is 31.2 Å². The fourth-order valence-electron chi connectivity index (χ4n) is 4.45. The molecule has 0 saturated heterocycles. The van der Waals surface area contributed by atoms with Crippen molar-refractivity contribution in [3.05, 3.63) is 35.9 Å². The normalized spacial score (nSPS) is 15.3. The third-order valence-corrected chi connectivity index (χ3v) is 11.7. The molecule has 0 aliphatic rings. The maximum Gasteiger partial charge on any atom is 0.353 e. The number of ether oxygens (including phenoxy) is 2. The van der Waals surface area contributed by atoms with E-state index in [2.05, 4.69) is 41.5 Å². The lowest BCUT2D eigenvalue weighted by molar-refractivity contribution is -0.171. The molecule has 0 aromatic heterocycles. The van der Waals surface area contributed by atoms with Gasteiger partial charge in [0.15, 0.2) is 0 Å². The van der Waals surface area contributed by atoms with Crippen LogP contribution in [0.1, 0.15) is 59.9 Å².